The summed E-state index contributed by atoms with van der Waals surface area (Å²) < 4.78 is 0. The van der Waals surface area contributed by atoms with Crippen molar-refractivity contribution in [3.63, 3.8) is 0 Å². The lowest BCUT2D eigenvalue weighted by atomic mass is 10.1. The topological polar surface area (TPSA) is 121 Å². The standard InChI is InChI=1S/C19H20N6O/c1-11(24-25-12(2)20)13-6-7-17-14(8-13)9-18(23-17)19(26)22-16-5-3-4-15(21)10-16/h3-10,23,25H,2,20-21H2,1H3,(H,22,26)/b24-11-. The molecule has 2 aromatic carbocycles. The number of anilines is 2. The van der Waals surface area contributed by atoms with Gasteiger partial charge < -0.3 is 21.8 Å². The van der Waals surface area contributed by atoms with Gasteiger partial charge in [0, 0.05) is 22.3 Å². The smallest absolute Gasteiger partial charge is 0.272 e. The van der Waals surface area contributed by atoms with Gasteiger partial charge in [-0.05, 0) is 48.9 Å². The van der Waals surface area contributed by atoms with Gasteiger partial charge in [-0.3, -0.25) is 10.2 Å². The fourth-order valence-corrected chi connectivity index (χ4v) is 2.52. The quantitative estimate of drug-likeness (QED) is 0.276. The van der Waals surface area contributed by atoms with Crippen LogP contribution in [0.15, 0.2) is 66.0 Å². The Morgan fingerprint density at radius 1 is 1.19 bits per heavy atom. The van der Waals surface area contributed by atoms with E-state index >= 15 is 0 Å². The van der Waals surface area contributed by atoms with Gasteiger partial charge in [0.1, 0.15) is 11.5 Å². The molecule has 7 heteroatoms. The number of hydrogen-bond acceptors (Lipinski definition) is 5. The van der Waals surface area contributed by atoms with Crippen LogP contribution in [0.2, 0.25) is 0 Å². The maximum atomic E-state index is 12.5. The van der Waals surface area contributed by atoms with Crippen LogP contribution in [0.3, 0.4) is 0 Å². The van der Waals surface area contributed by atoms with E-state index in [1.54, 1.807) is 30.3 Å². The van der Waals surface area contributed by atoms with Crippen molar-refractivity contribution < 1.29 is 4.79 Å². The molecule has 0 radical (unpaired) electrons. The Balaban J connectivity index is 1.83. The number of nitrogens with two attached hydrogens (primary N) is 2. The van der Waals surface area contributed by atoms with E-state index in [-0.39, 0.29) is 11.7 Å². The highest BCUT2D eigenvalue weighted by Crippen LogP contribution is 2.19. The molecule has 1 aromatic heterocycles. The van der Waals surface area contributed by atoms with E-state index in [1.807, 2.05) is 25.1 Å². The van der Waals surface area contributed by atoms with Crippen molar-refractivity contribution in [2.45, 2.75) is 6.92 Å². The first-order chi connectivity index (χ1) is 12.4. The normalized spacial score (nSPS) is 11.3. The summed E-state index contributed by atoms with van der Waals surface area (Å²) in [7, 11) is 0. The molecule has 0 bridgehead atoms. The molecule has 0 aliphatic carbocycles. The number of carbonyl (C=O) groups excluding carboxylic acids is 1. The highest BCUT2D eigenvalue weighted by Gasteiger charge is 2.11. The van der Waals surface area contributed by atoms with Crippen LogP contribution in [0, 0.1) is 0 Å². The summed E-state index contributed by atoms with van der Waals surface area (Å²) in [6, 6.07) is 14.6. The summed E-state index contributed by atoms with van der Waals surface area (Å²) in [4.78, 5) is 15.6. The number of hydrazone groups is 1. The summed E-state index contributed by atoms with van der Waals surface area (Å²) in [6.45, 7) is 5.39. The fraction of sp³-hybridized carbons (Fsp3) is 0.0526. The number of H-pyrrole nitrogens is 1. The van der Waals surface area contributed by atoms with Crippen molar-refractivity contribution in [2.75, 3.05) is 11.1 Å². The Labute approximate surface area is 150 Å². The summed E-state index contributed by atoms with van der Waals surface area (Å²) in [5.41, 5.74) is 18.0. The summed E-state index contributed by atoms with van der Waals surface area (Å²) in [5.74, 6) is 0.0346. The zero-order valence-electron chi connectivity index (χ0n) is 14.3. The van der Waals surface area contributed by atoms with Crippen LogP contribution in [-0.2, 0) is 0 Å². The minimum atomic E-state index is -0.236. The molecule has 7 N–H and O–H groups in total. The monoisotopic (exact) mass is 348 g/mol. The van der Waals surface area contributed by atoms with Crippen molar-refractivity contribution in [1.82, 2.24) is 10.4 Å². The number of nitrogens with one attached hydrogen (secondary N) is 3. The van der Waals surface area contributed by atoms with Crippen LogP contribution in [-0.4, -0.2) is 16.6 Å². The van der Waals surface area contributed by atoms with Gasteiger partial charge in [0.05, 0.1) is 5.71 Å². The molecular weight excluding hydrogens is 328 g/mol. The van der Waals surface area contributed by atoms with Gasteiger partial charge in [0.15, 0.2) is 0 Å². The number of benzene rings is 2. The number of rotatable bonds is 5. The van der Waals surface area contributed by atoms with Gasteiger partial charge in [-0.25, -0.2) is 0 Å². The second kappa shape index (κ2) is 7.02. The molecule has 0 aliphatic rings. The molecule has 1 amide bonds. The summed E-state index contributed by atoms with van der Waals surface area (Å²) in [6.07, 6.45) is 0. The molecule has 26 heavy (non-hydrogen) atoms. The zero-order valence-corrected chi connectivity index (χ0v) is 14.3. The molecule has 0 spiro atoms. The van der Waals surface area contributed by atoms with Gasteiger partial charge >= 0.3 is 0 Å². The van der Waals surface area contributed by atoms with Gasteiger partial charge in [-0.15, -0.1) is 0 Å². The van der Waals surface area contributed by atoms with Crippen molar-refractivity contribution >= 4 is 33.9 Å². The lowest BCUT2D eigenvalue weighted by Gasteiger charge is -2.04. The van der Waals surface area contributed by atoms with Crippen LogP contribution in [0.4, 0.5) is 11.4 Å². The van der Waals surface area contributed by atoms with Crippen LogP contribution >= 0.6 is 0 Å². The van der Waals surface area contributed by atoms with Gasteiger partial charge in [-0.1, -0.05) is 18.7 Å². The van der Waals surface area contributed by atoms with Crippen LogP contribution in [0.25, 0.3) is 10.9 Å². The lowest BCUT2D eigenvalue weighted by Crippen LogP contribution is -2.14. The Bertz CT molecular complexity index is 1020. The highest BCUT2D eigenvalue weighted by atomic mass is 16.1. The molecule has 0 atom stereocenters. The zero-order chi connectivity index (χ0) is 18.7. The number of nitrogens with zero attached hydrogens (tertiary/aromatic N) is 1. The van der Waals surface area contributed by atoms with E-state index in [0.717, 1.165) is 22.2 Å². The van der Waals surface area contributed by atoms with Gasteiger partial charge in [0.2, 0.25) is 0 Å². The first kappa shape index (κ1) is 17.1. The summed E-state index contributed by atoms with van der Waals surface area (Å²) in [5, 5.41) is 7.87. The molecule has 0 unspecified atom stereocenters. The molecule has 0 aliphatic heterocycles. The van der Waals surface area contributed by atoms with E-state index in [2.05, 4.69) is 27.4 Å². The van der Waals surface area contributed by atoms with Crippen molar-refractivity contribution in [1.29, 1.82) is 0 Å². The molecule has 3 aromatic rings. The molecule has 7 nitrogen and oxygen atoms in total. The van der Waals surface area contributed by atoms with E-state index in [1.165, 1.54) is 0 Å². The molecular formula is C19H20N6O. The van der Waals surface area contributed by atoms with E-state index in [9.17, 15) is 4.79 Å². The average molecular weight is 348 g/mol. The van der Waals surface area contributed by atoms with Gasteiger partial charge in [0.25, 0.3) is 5.91 Å². The fourth-order valence-electron chi connectivity index (χ4n) is 2.52. The Hall–Kier alpha value is -3.74. The number of aromatic nitrogens is 1. The van der Waals surface area contributed by atoms with E-state index in [0.29, 0.717) is 17.1 Å². The summed E-state index contributed by atoms with van der Waals surface area (Å²) >= 11 is 0. The van der Waals surface area contributed by atoms with Crippen LogP contribution < -0.4 is 22.2 Å². The predicted octanol–water partition coefficient (Wildman–Crippen LogP) is 2.75. The molecule has 132 valence electrons. The number of amides is 1. The third kappa shape index (κ3) is 3.84. The molecule has 0 saturated carbocycles. The number of hydrogen-bond donors (Lipinski definition) is 5. The lowest BCUT2D eigenvalue weighted by molar-refractivity contribution is 0.102. The molecule has 0 fully saturated rings. The molecule has 3 rings (SSSR count). The minimum absolute atomic E-state index is 0.236. The molecule has 0 saturated heterocycles. The molecule has 1 heterocycles. The number of nitrogen functional groups attached to an aromatic ring is 1. The first-order valence-electron chi connectivity index (χ1n) is 7.97. The largest absolute Gasteiger partial charge is 0.399 e. The van der Waals surface area contributed by atoms with E-state index < -0.39 is 0 Å². The number of fused-ring (bicyclic) bond motifs is 1. The Morgan fingerprint density at radius 3 is 2.73 bits per heavy atom. The Kier molecular flexibility index (Phi) is 4.62. The van der Waals surface area contributed by atoms with Gasteiger partial charge in [-0.2, -0.15) is 5.10 Å². The third-order valence-electron chi connectivity index (χ3n) is 3.79. The Morgan fingerprint density at radius 2 is 2.00 bits per heavy atom. The second-order valence-corrected chi connectivity index (χ2v) is 5.90. The maximum Gasteiger partial charge on any atom is 0.272 e. The minimum Gasteiger partial charge on any atom is -0.399 e. The maximum absolute atomic E-state index is 12.5. The van der Waals surface area contributed by atoms with Crippen molar-refractivity contribution in [3.8, 4) is 0 Å². The number of aromatic amines is 1. The number of carbonyl (C=O) groups is 1. The van der Waals surface area contributed by atoms with Crippen molar-refractivity contribution in [2.24, 2.45) is 10.8 Å². The second-order valence-electron chi connectivity index (χ2n) is 5.90. The highest BCUT2D eigenvalue weighted by molar-refractivity contribution is 6.07. The van der Waals surface area contributed by atoms with Crippen LogP contribution in [0.1, 0.15) is 23.0 Å². The first-order valence-corrected chi connectivity index (χ1v) is 7.97. The van der Waals surface area contributed by atoms with E-state index in [4.69, 9.17) is 11.5 Å². The predicted molar refractivity (Wildman–Crippen MR) is 106 cm³/mol. The van der Waals surface area contributed by atoms with Crippen LogP contribution in [0.5, 0.6) is 0 Å². The third-order valence-corrected chi connectivity index (χ3v) is 3.79. The SMILES string of the molecule is C=C(N)N/N=C(/C)c1ccc2[nH]c(C(=O)Nc3cccc(N)c3)cc2c1. The van der Waals surface area contributed by atoms with Crippen molar-refractivity contribution in [3.05, 3.63) is 72.2 Å². The average Bonchev–Trinajstić information content (AvgIpc) is 3.03.